The lowest BCUT2D eigenvalue weighted by molar-refractivity contribution is -0.120. The third-order valence-corrected chi connectivity index (χ3v) is 8.09. The van der Waals surface area contributed by atoms with Crippen molar-refractivity contribution in [1.29, 1.82) is 0 Å². The van der Waals surface area contributed by atoms with Crippen molar-refractivity contribution >= 4 is 27.3 Å². The summed E-state index contributed by atoms with van der Waals surface area (Å²) in [6.07, 6.45) is 8.80. The lowest BCUT2D eigenvalue weighted by atomic mass is 9.97. The largest absolute Gasteiger partial charge is 0.370 e. The van der Waals surface area contributed by atoms with E-state index in [9.17, 15) is 13.2 Å². The van der Waals surface area contributed by atoms with Crippen LogP contribution >= 0.6 is 0 Å². The number of pyridine rings is 1. The molecule has 1 N–H and O–H groups in total. The highest BCUT2D eigenvalue weighted by Gasteiger charge is 2.32. The molecule has 2 aliphatic heterocycles. The standard InChI is InChI=1S/C23H30N4O3S/c28-23(25-21-9-3-4-10-22(21)26-14-5-1-2-6-15-26)19-11-16-27(17-12-19)31(29,30)20-8-7-13-24-18-20/h3-4,7-10,13,18-19H,1-2,5-6,11-12,14-17H2,(H,25,28). The molecule has 7 nitrogen and oxygen atoms in total. The summed E-state index contributed by atoms with van der Waals surface area (Å²) in [5.41, 5.74) is 1.93. The number of para-hydroxylation sites is 2. The summed E-state index contributed by atoms with van der Waals surface area (Å²) in [6.45, 7) is 2.70. The monoisotopic (exact) mass is 442 g/mol. The Morgan fingerprint density at radius 3 is 2.32 bits per heavy atom. The van der Waals surface area contributed by atoms with E-state index in [1.165, 1.54) is 36.2 Å². The molecular weight excluding hydrogens is 412 g/mol. The van der Waals surface area contributed by atoms with Gasteiger partial charge in [-0.3, -0.25) is 9.78 Å². The summed E-state index contributed by atoms with van der Waals surface area (Å²) in [5.74, 6) is -0.224. The van der Waals surface area contributed by atoms with Crippen LogP contribution < -0.4 is 10.2 Å². The van der Waals surface area contributed by atoms with Crippen molar-refractivity contribution in [2.75, 3.05) is 36.4 Å². The number of amides is 1. The quantitative estimate of drug-likeness (QED) is 0.766. The number of benzene rings is 1. The Labute approximate surface area is 184 Å². The Morgan fingerprint density at radius 2 is 1.65 bits per heavy atom. The smallest absolute Gasteiger partial charge is 0.244 e. The predicted molar refractivity (Wildman–Crippen MR) is 121 cm³/mol. The van der Waals surface area contributed by atoms with Gasteiger partial charge in [-0.2, -0.15) is 4.31 Å². The van der Waals surface area contributed by atoms with E-state index in [0.717, 1.165) is 24.5 Å². The van der Waals surface area contributed by atoms with Gasteiger partial charge in [0.15, 0.2) is 0 Å². The van der Waals surface area contributed by atoms with Gasteiger partial charge < -0.3 is 10.2 Å². The average molecular weight is 443 g/mol. The van der Waals surface area contributed by atoms with E-state index in [4.69, 9.17) is 0 Å². The molecule has 0 saturated carbocycles. The fourth-order valence-electron chi connectivity index (χ4n) is 4.41. The number of rotatable bonds is 5. The number of hydrogen-bond acceptors (Lipinski definition) is 5. The molecule has 0 radical (unpaired) electrons. The van der Waals surface area contributed by atoms with Crippen LogP contribution in [-0.4, -0.2) is 49.8 Å². The van der Waals surface area contributed by atoms with Gasteiger partial charge in [-0.05, 0) is 49.9 Å². The van der Waals surface area contributed by atoms with E-state index in [1.54, 1.807) is 18.3 Å². The van der Waals surface area contributed by atoms with Gasteiger partial charge in [-0.1, -0.05) is 25.0 Å². The van der Waals surface area contributed by atoms with E-state index in [2.05, 4.69) is 21.3 Å². The third-order valence-electron chi connectivity index (χ3n) is 6.21. The van der Waals surface area contributed by atoms with Crippen molar-refractivity contribution in [2.24, 2.45) is 5.92 Å². The van der Waals surface area contributed by atoms with E-state index < -0.39 is 10.0 Å². The molecule has 31 heavy (non-hydrogen) atoms. The van der Waals surface area contributed by atoms with Crippen molar-refractivity contribution in [2.45, 2.75) is 43.4 Å². The Kier molecular flexibility index (Phi) is 6.87. The number of anilines is 2. The molecule has 1 aromatic carbocycles. The second-order valence-electron chi connectivity index (χ2n) is 8.27. The number of aromatic nitrogens is 1. The zero-order valence-electron chi connectivity index (χ0n) is 17.7. The summed E-state index contributed by atoms with van der Waals surface area (Å²) < 4.78 is 27.0. The number of carbonyl (C=O) groups is 1. The van der Waals surface area contributed by atoms with Crippen molar-refractivity contribution in [3.63, 3.8) is 0 Å². The first-order valence-electron chi connectivity index (χ1n) is 11.1. The molecule has 2 fully saturated rings. The number of hydrogen-bond donors (Lipinski definition) is 1. The molecule has 1 amide bonds. The second-order valence-corrected chi connectivity index (χ2v) is 10.2. The van der Waals surface area contributed by atoms with Crippen LogP contribution in [0.15, 0.2) is 53.7 Å². The molecule has 8 heteroatoms. The van der Waals surface area contributed by atoms with E-state index in [0.29, 0.717) is 25.9 Å². The molecular formula is C23H30N4O3S. The molecule has 0 bridgehead atoms. The average Bonchev–Trinajstić information content (AvgIpc) is 3.10. The van der Waals surface area contributed by atoms with Gasteiger partial charge in [0.1, 0.15) is 4.90 Å². The van der Waals surface area contributed by atoms with Crippen molar-refractivity contribution in [3.05, 3.63) is 48.8 Å². The van der Waals surface area contributed by atoms with Crippen LogP contribution in [0.25, 0.3) is 0 Å². The second kappa shape index (κ2) is 9.78. The van der Waals surface area contributed by atoms with Crippen LogP contribution in [0.3, 0.4) is 0 Å². The lowest BCUT2D eigenvalue weighted by Crippen LogP contribution is -2.41. The summed E-state index contributed by atoms with van der Waals surface area (Å²) in [4.78, 5) is 19.5. The SMILES string of the molecule is O=C(Nc1ccccc1N1CCCCCC1)C1CCN(S(=O)(=O)c2cccnc2)CC1. The number of nitrogens with zero attached hydrogens (tertiary/aromatic N) is 3. The van der Waals surface area contributed by atoms with E-state index >= 15 is 0 Å². The molecule has 0 spiro atoms. The molecule has 3 heterocycles. The summed E-state index contributed by atoms with van der Waals surface area (Å²) in [7, 11) is -3.56. The third kappa shape index (κ3) is 5.07. The Bertz CT molecular complexity index is 981. The fourth-order valence-corrected chi connectivity index (χ4v) is 5.84. The molecule has 4 rings (SSSR count). The van der Waals surface area contributed by atoms with E-state index in [1.807, 2.05) is 18.2 Å². The first-order valence-corrected chi connectivity index (χ1v) is 12.5. The maximum Gasteiger partial charge on any atom is 0.244 e. The summed E-state index contributed by atoms with van der Waals surface area (Å²) in [5, 5.41) is 3.12. The van der Waals surface area contributed by atoms with Crippen LogP contribution in [0.2, 0.25) is 0 Å². The molecule has 0 atom stereocenters. The zero-order chi connectivity index (χ0) is 21.7. The lowest BCUT2D eigenvalue weighted by Gasteiger charge is -2.31. The fraction of sp³-hybridized carbons (Fsp3) is 0.478. The van der Waals surface area contributed by atoms with Crippen molar-refractivity contribution in [3.8, 4) is 0 Å². The van der Waals surface area contributed by atoms with Crippen LogP contribution in [0.5, 0.6) is 0 Å². The Balaban J connectivity index is 1.39. The van der Waals surface area contributed by atoms with Gasteiger partial charge in [-0.15, -0.1) is 0 Å². The summed E-state index contributed by atoms with van der Waals surface area (Å²) in [6, 6.07) is 11.2. The van der Waals surface area contributed by atoms with Gasteiger partial charge in [0, 0.05) is 44.5 Å². The van der Waals surface area contributed by atoms with Crippen LogP contribution in [0.4, 0.5) is 11.4 Å². The minimum absolute atomic E-state index is 0.0271. The normalized spacial score (nSPS) is 19.0. The topological polar surface area (TPSA) is 82.6 Å². The minimum atomic E-state index is -3.56. The number of piperidine rings is 1. The van der Waals surface area contributed by atoms with Crippen LogP contribution in [0.1, 0.15) is 38.5 Å². The van der Waals surface area contributed by atoms with Gasteiger partial charge in [-0.25, -0.2) is 8.42 Å². The van der Waals surface area contributed by atoms with Crippen LogP contribution in [0, 0.1) is 5.92 Å². The van der Waals surface area contributed by atoms with Gasteiger partial charge in [0.25, 0.3) is 0 Å². The Morgan fingerprint density at radius 1 is 0.935 bits per heavy atom. The number of sulfonamides is 1. The highest BCUT2D eigenvalue weighted by Crippen LogP contribution is 2.30. The maximum atomic E-state index is 13.0. The molecule has 2 aromatic rings. The molecule has 2 aliphatic rings. The van der Waals surface area contributed by atoms with Gasteiger partial charge in [0.05, 0.1) is 11.4 Å². The number of nitrogens with one attached hydrogen (secondary N) is 1. The highest BCUT2D eigenvalue weighted by molar-refractivity contribution is 7.89. The minimum Gasteiger partial charge on any atom is -0.370 e. The molecule has 0 unspecified atom stereocenters. The maximum absolute atomic E-state index is 13.0. The first kappa shape index (κ1) is 21.8. The van der Waals surface area contributed by atoms with Crippen molar-refractivity contribution in [1.82, 2.24) is 9.29 Å². The molecule has 1 aromatic heterocycles. The number of carbonyl (C=O) groups excluding carboxylic acids is 1. The van der Waals surface area contributed by atoms with Gasteiger partial charge in [0.2, 0.25) is 15.9 Å². The van der Waals surface area contributed by atoms with Crippen molar-refractivity contribution < 1.29 is 13.2 Å². The van der Waals surface area contributed by atoms with E-state index in [-0.39, 0.29) is 16.7 Å². The predicted octanol–water partition coefficient (Wildman–Crippen LogP) is 3.50. The van der Waals surface area contributed by atoms with Crippen LogP contribution in [-0.2, 0) is 14.8 Å². The zero-order valence-corrected chi connectivity index (χ0v) is 18.6. The highest BCUT2D eigenvalue weighted by atomic mass is 32.2. The molecule has 2 saturated heterocycles. The molecule has 166 valence electrons. The summed E-state index contributed by atoms with van der Waals surface area (Å²) >= 11 is 0. The molecule has 0 aliphatic carbocycles. The Hall–Kier alpha value is -2.45. The first-order chi connectivity index (χ1) is 15.1. The van der Waals surface area contributed by atoms with Gasteiger partial charge >= 0.3 is 0 Å².